The first-order valence-corrected chi connectivity index (χ1v) is 8.68. The van der Waals surface area contributed by atoms with Gasteiger partial charge < -0.3 is 5.32 Å². The van der Waals surface area contributed by atoms with E-state index in [9.17, 15) is 0 Å². The standard InChI is InChI=1S/C18H18Cl2N4/c19-15-8-13(9-16(20)10-15)12-24-6-3-17(4-7-24)23-18-14(11-21)2-1-5-22-18/h1-2,5,8-10,17H,3-4,6-7,12H2,(H,22,23). The van der Waals surface area contributed by atoms with Crippen LogP contribution in [0.3, 0.4) is 0 Å². The average Bonchev–Trinajstić information content (AvgIpc) is 2.56. The van der Waals surface area contributed by atoms with E-state index in [1.54, 1.807) is 24.4 Å². The summed E-state index contributed by atoms with van der Waals surface area (Å²) in [6, 6.07) is 11.8. The Kier molecular flexibility index (Phi) is 5.57. The third-order valence-corrected chi connectivity index (χ3v) is 4.62. The van der Waals surface area contributed by atoms with E-state index in [4.69, 9.17) is 28.5 Å². The molecule has 1 fully saturated rings. The molecule has 124 valence electrons. The summed E-state index contributed by atoms with van der Waals surface area (Å²) < 4.78 is 0. The number of rotatable bonds is 4. The van der Waals surface area contributed by atoms with Crippen LogP contribution >= 0.6 is 23.2 Å². The van der Waals surface area contributed by atoms with Crippen LogP contribution in [0.15, 0.2) is 36.5 Å². The molecule has 0 saturated carbocycles. The predicted octanol–water partition coefficient (Wildman–Crippen LogP) is 4.34. The number of likely N-dealkylation sites (tertiary alicyclic amines) is 1. The number of halogens is 2. The van der Waals surface area contributed by atoms with E-state index in [0.717, 1.165) is 38.0 Å². The molecule has 6 heteroatoms. The van der Waals surface area contributed by atoms with Gasteiger partial charge in [-0.05, 0) is 48.7 Å². The Morgan fingerprint density at radius 1 is 1.21 bits per heavy atom. The van der Waals surface area contributed by atoms with Crippen LogP contribution < -0.4 is 5.32 Å². The van der Waals surface area contributed by atoms with Crippen molar-refractivity contribution in [2.75, 3.05) is 18.4 Å². The number of anilines is 1. The quantitative estimate of drug-likeness (QED) is 0.880. The molecule has 1 N–H and O–H groups in total. The van der Waals surface area contributed by atoms with E-state index in [1.807, 2.05) is 12.1 Å². The Morgan fingerprint density at radius 3 is 2.58 bits per heavy atom. The van der Waals surface area contributed by atoms with E-state index in [0.29, 0.717) is 27.5 Å². The van der Waals surface area contributed by atoms with E-state index >= 15 is 0 Å². The van der Waals surface area contributed by atoms with Crippen molar-refractivity contribution in [1.82, 2.24) is 9.88 Å². The highest BCUT2D eigenvalue weighted by atomic mass is 35.5. The molecule has 1 aliphatic heterocycles. The van der Waals surface area contributed by atoms with Gasteiger partial charge in [0.2, 0.25) is 0 Å². The van der Waals surface area contributed by atoms with Crippen LogP contribution in [0.1, 0.15) is 24.0 Å². The first kappa shape index (κ1) is 17.0. The summed E-state index contributed by atoms with van der Waals surface area (Å²) in [5.41, 5.74) is 1.73. The summed E-state index contributed by atoms with van der Waals surface area (Å²) in [6.07, 6.45) is 3.73. The minimum Gasteiger partial charge on any atom is -0.366 e. The highest BCUT2D eigenvalue weighted by Crippen LogP contribution is 2.22. The van der Waals surface area contributed by atoms with Crippen molar-refractivity contribution < 1.29 is 0 Å². The third-order valence-electron chi connectivity index (χ3n) is 4.19. The number of benzene rings is 1. The first-order valence-electron chi connectivity index (χ1n) is 7.93. The van der Waals surface area contributed by atoms with Gasteiger partial charge in [-0.1, -0.05) is 23.2 Å². The summed E-state index contributed by atoms with van der Waals surface area (Å²) in [5.74, 6) is 0.681. The molecular formula is C18H18Cl2N4. The molecule has 1 saturated heterocycles. The van der Waals surface area contributed by atoms with Crippen molar-refractivity contribution >= 4 is 29.0 Å². The predicted molar refractivity (Wildman–Crippen MR) is 97.3 cm³/mol. The molecule has 4 nitrogen and oxygen atoms in total. The lowest BCUT2D eigenvalue weighted by Gasteiger charge is -2.32. The molecule has 0 radical (unpaired) electrons. The topological polar surface area (TPSA) is 52.0 Å². The highest BCUT2D eigenvalue weighted by Gasteiger charge is 2.20. The maximum Gasteiger partial charge on any atom is 0.144 e. The van der Waals surface area contributed by atoms with Crippen molar-refractivity contribution in [3.05, 3.63) is 57.7 Å². The van der Waals surface area contributed by atoms with Gasteiger partial charge in [0.25, 0.3) is 0 Å². The van der Waals surface area contributed by atoms with Gasteiger partial charge in [-0.25, -0.2) is 4.98 Å². The van der Waals surface area contributed by atoms with Gasteiger partial charge in [0.1, 0.15) is 11.9 Å². The fraction of sp³-hybridized carbons (Fsp3) is 0.333. The van der Waals surface area contributed by atoms with Crippen LogP contribution in [0, 0.1) is 11.3 Å². The number of nitrogens with one attached hydrogen (secondary N) is 1. The van der Waals surface area contributed by atoms with Crippen molar-refractivity contribution in [2.24, 2.45) is 0 Å². The van der Waals surface area contributed by atoms with Crippen LogP contribution in [0.5, 0.6) is 0 Å². The second-order valence-corrected chi connectivity index (χ2v) is 6.86. The highest BCUT2D eigenvalue weighted by molar-refractivity contribution is 6.34. The molecule has 0 bridgehead atoms. The lowest BCUT2D eigenvalue weighted by Crippen LogP contribution is -2.38. The van der Waals surface area contributed by atoms with Gasteiger partial charge in [-0.3, -0.25) is 4.90 Å². The first-order chi connectivity index (χ1) is 11.6. The Morgan fingerprint density at radius 2 is 1.92 bits per heavy atom. The summed E-state index contributed by atoms with van der Waals surface area (Å²) in [4.78, 5) is 6.67. The summed E-state index contributed by atoms with van der Waals surface area (Å²) in [5, 5.41) is 13.9. The van der Waals surface area contributed by atoms with Crippen molar-refractivity contribution in [3.63, 3.8) is 0 Å². The molecule has 0 aliphatic carbocycles. The average molecular weight is 361 g/mol. The van der Waals surface area contributed by atoms with E-state index in [2.05, 4.69) is 21.3 Å². The van der Waals surface area contributed by atoms with Gasteiger partial charge in [0, 0.05) is 41.9 Å². The molecule has 0 unspecified atom stereocenters. The number of aromatic nitrogens is 1. The normalized spacial score (nSPS) is 15.9. The second kappa shape index (κ2) is 7.85. The minimum absolute atomic E-state index is 0.339. The van der Waals surface area contributed by atoms with Crippen LogP contribution in [0.25, 0.3) is 0 Å². The Labute approximate surface area is 152 Å². The van der Waals surface area contributed by atoms with Crippen molar-refractivity contribution in [1.29, 1.82) is 5.26 Å². The lowest BCUT2D eigenvalue weighted by molar-refractivity contribution is 0.211. The SMILES string of the molecule is N#Cc1cccnc1NC1CCN(Cc2cc(Cl)cc(Cl)c2)CC1. The Hall–Kier alpha value is -1.80. The van der Waals surface area contributed by atoms with Gasteiger partial charge in [-0.2, -0.15) is 5.26 Å². The number of piperidine rings is 1. The zero-order chi connectivity index (χ0) is 16.9. The fourth-order valence-corrected chi connectivity index (χ4v) is 3.57. The number of nitriles is 1. The Bertz CT molecular complexity index is 729. The molecule has 1 aliphatic rings. The number of hydrogen-bond donors (Lipinski definition) is 1. The summed E-state index contributed by atoms with van der Waals surface area (Å²) in [7, 11) is 0. The largest absolute Gasteiger partial charge is 0.366 e. The molecular weight excluding hydrogens is 343 g/mol. The summed E-state index contributed by atoms with van der Waals surface area (Å²) in [6.45, 7) is 2.81. The van der Waals surface area contributed by atoms with E-state index in [-0.39, 0.29) is 0 Å². The molecule has 2 aromatic rings. The molecule has 1 aromatic carbocycles. The molecule has 1 aromatic heterocycles. The van der Waals surface area contributed by atoms with Crippen LogP contribution in [-0.2, 0) is 6.54 Å². The molecule has 0 spiro atoms. The smallest absolute Gasteiger partial charge is 0.144 e. The van der Waals surface area contributed by atoms with Gasteiger partial charge >= 0.3 is 0 Å². The fourth-order valence-electron chi connectivity index (χ4n) is 3.00. The lowest BCUT2D eigenvalue weighted by atomic mass is 10.0. The number of pyridine rings is 1. The Balaban J connectivity index is 1.55. The number of hydrogen-bond acceptors (Lipinski definition) is 4. The van der Waals surface area contributed by atoms with Crippen LogP contribution in [0.4, 0.5) is 5.82 Å². The van der Waals surface area contributed by atoms with Crippen molar-refractivity contribution in [2.45, 2.75) is 25.4 Å². The van der Waals surface area contributed by atoms with Crippen LogP contribution in [-0.4, -0.2) is 29.0 Å². The maximum atomic E-state index is 9.14. The minimum atomic E-state index is 0.339. The summed E-state index contributed by atoms with van der Waals surface area (Å²) >= 11 is 12.1. The zero-order valence-corrected chi connectivity index (χ0v) is 14.7. The third kappa shape index (κ3) is 4.39. The van der Waals surface area contributed by atoms with Crippen LogP contribution in [0.2, 0.25) is 10.0 Å². The molecule has 0 atom stereocenters. The van der Waals surface area contributed by atoms with Gasteiger partial charge in [-0.15, -0.1) is 0 Å². The van der Waals surface area contributed by atoms with Crippen molar-refractivity contribution in [3.8, 4) is 6.07 Å². The molecule has 0 amide bonds. The van der Waals surface area contributed by atoms with E-state index < -0.39 is 0 Å². The maximum absolute atomic E-state index is 9.14. The number of nitrogens with zero attached hydrogens (tertiary/aromatic N) is 3. The molecule has 24 heavy (non-hydrogen) atoms. The molecule has 2 heterocycles. The van der Waals surface area contributed by atoms with Gasteiger partial charge in [0.05, 0.1) is 5.56 Å². The van der Waals surface area contributed by atoms with Gasteiger partial charge in [0.15, 0.2) is 0 Å². The monoisotopic (exact) mass is 360 g/mol. The second-order valence-electron chi connectivity index (χ2n) is 5.98. The zero-order valence-electron chi connectivity index (χ0n) is 13.2. The molecule has 3 rings (SSSR count). The van der Waals surface area contributed by atoms with E-state index in [1.165, 1.54) is 0 Å².